The summed E-state index contributed by atoms with van der Waals surface area (Å²) in [4.78, 5) is 14.6. The van der Waals surface area contributed by atoms with Crippen molar-refractivity contribution in [3.8, 4) is 0 Å². The van der Waals surface area contributed by atoms with Crippen LogP contribution in [-0.4, -0.2) is 35.5 Å². The van der Waals surface area contributed by atoms with Crippen molar-refractivity contribution in [1.29, 1.82) is 0 Å². The van der Waals surface area contributed by atoms with Gasteiger partial charge in [0.05, 0.1) is 0 Å². The predicted molar refractivity (Wildman–Crippen MR) is 76.5 cm³/mol. The van der Waals surface area contributed by atoms with Crippen molar-refractivity contribution in [3.63, 3.8) is 0 Å². The molecule has 1 atom stereocenters. The third kappa shape index (κ3) is 3.71. The molecule has 1 unspecified atom stereocenters. The molecule has 18 heavy (non-hydrogen) atoms. The summed E-state index contributed by atoms with van der Waals surface area (Å²) >= 11 is 0. The first kappa shape index (κ1) is 15.5. The fourth-order valence-electron chi connectivity index (χ4n) is 2.51. The van der Waals surface area contributed by atoms with Gasteiger partial charge >= 0.3 is 0 Å². The van der Waals surface area contributed by atoms with Gasteiger partial charge in [0.25, 0.3) is 0 Å². The molecular weight excluding hydrogens is 224 g/mol. The Hall–Kier alpha value is -0.570. The van der Waals surface area contributed by atoms with Gasteiger partial charge in [0, 0.05) is 30.1 Å². The number of rotatable bonds is 2. The van der Waals surface area contributed by atoms with Crippen LogP contribution in [0.5, 0.6) is 0 Å². The number of hydrogen-bond donors (Lipinski definition) is 1. The molecule has 1 amide bonds. The lowest BCUT2D eigenvalue weighted by molar-refractivity contribution is -0.147. The summed E-state index contributed by atoms with van der Waals surface area (Å²) in [7, 11) is 0. The topological polar surface area (TPSA) is 32.3 Å². The number of piperazine rings is 1. The lowest BCUT2D eigenvalue weighted by atomic mass is 9.88. The fourth-order valence-corrected chi connectivity index (χ4v) is 2.51. The second-order valence-electron chi connectivity index (χ2n) is 7.69. The van der Waals surface area contributed by atoms with Crippen LogP contribution in [0.2, 0.25) is 0 Å². The van der Waals surface area contributed by atoms with Gasteiger partial charge in [-0.1, -0.05) is 34.6 Å². The highest BCUT2D eigenvalue weighted by molar-refractivity contribution is 5.82. The minimum Gasteiger partial charge on any atom is -0.334 e. The second-order valence-corrected chi connectivity index (χ2v) is 7.69. The molecular formula is C15H30N2O. The molecule has 1 aliphatic heterocycles. The van der Waals surface area contributed by atoms with Crippen molar-refractivity contribution in [2.45, 2.75) is 66.5 Å². The Morgan fingerprint density at radius 3 is 2.39 bits per heavy atom. The number of nitrogens with one attached hydrogen (secondary N) is 1. The Bertz CT molecular complexity index is 302. The van der Waals surface area contributed by atoms with Crippen LogP contribution in [0.25, 0.3) is 0 Å². The molecule has 1 fully saturated rings. The maximum Gasteiger partial charge on any atom is 0.228 e. The largest absolute Gasteiger partial charge is 0.334 e. The van der Waals surface area contributed by atoms with E-state index in [9.17, 15) is 4.79 Å². The number of amides is 1. The summed E-state index contributed by atoms with van der Waals surface area (Å²) in [6, 6.07) is 0.435. The fraction of sp³-hybridized carbons (Fsp3) is 0.933. The lowest BCUT2D eigenvalue weighted by Gasteiger charge is -2.48. The third-order valence-corrected chi connectivity index (χ3v) is 3.60. The van der Waals surface area contributed by atoms with Crippen molar-refractivity contribution in [2.24, 2.45) is 11.3 Å². The maximum atomic E-state index is 12.6. The first-order chi connectivity index (χ1) is 8.04. The molecule has 0 saturated carbocycles. The summed E-state index contributed by atoms with van der Waals surface area (Å²) in [5.41, 5.74) is -0.380. The van der Waals surface area contributed by atoms with E-state index in [1.807, 2.05) is 20.8 Å². The van der Waals surface area contributed by atoms with Gasteiger partial charge in [0.1, 0.15) is 0 Å². The zero-order valence-corrected chi connectivity index (χ0v) is 13.1. The molecule has 0 radical (unpaired) electrons. The predicted octanol–water partition coefficient (Wildman–Crippen LogP) is 2.66. The standard InChI is InChI=1S/C15H30N2O/c1-11(2)8-12-9-17(13(18)14(3,4)5)15(6,7)10-16-12/h11-12,16H,8-10H2,1-7H3. The smallest absolute Gasteiger partial charge is 0.228 e. The first-order valence-electron chi connectivity index (χ1n) is 7.09. The lowest BCUT2D eigenvalue weighted by Crippen LogP contribution is -2.65. The number of carbonyl (C=O) groups is 1. The van der Waals surface area contributed by atoms with Crippen LogP contribution in [0.1, 0.15) is 54.9 Å². The van der Waals surface area contributed by atoms with Gasteiger partial charge in [-0.3, -0.25) is 4.79 Å². The number of nitrogens with zero attached hydrogens (tertiary/aromatic N) is 1. The highest BCUT2D eigenvalue weighted by Crippen LogP contribution is 2.27. The van der Waals surface area contributed by atoms with Crippen LogP contribution in [-0.2, 0) is 4.79 Å². The van der Waals surface area contributed by atoms with E-state index in [4.69, 9.17) is 0 Å². The van der Waals surface area contributed by atoms with Gasteiger partial charge in [-0.15, -0.1) is 0 Å². The van der Waals surface area contributed by atoms with E-state index in [1.165, 1.54) is 0 Å². The van der Waals surface area contributed by atoms with Crippen LogP contribution >= 0.6 is 0 Å². The third-order valence-electron chi connectivity index (χ3n) is 3.60. The van der Waals surface area contributed by atoms with Crippen LogP contribution < -0.4 is 5.32 Å². The van der Waals surface area contributed by atoms with E-state index in [0.717, 1.165) is 19.5 Å². The Kier molecular flexibility index (Phi) is 4.47. The summed E-state index contributed by atoms with van der Waals surface area (Å²) in [6.45, 7) is 16.5. The quantitative estimate of drug-likeness (QED) is 0.821. The minimum absolute atomic E-state index is 0.0855. The van der Waals surface area contributed by atoms with Crippen molar-refractivity contribution >= 4 is 5.91 Å². The average Bonchev–Trinajstić information content (AvgIpc) is 2.17. The van der Waals surface area contributed by atoms with Crippen LogP contribution in [0, 0.1) is 11.3 Å². The molecule has 0 spiro atoms. The molecule has 1 rings (SSSR count). The van der Waals surface area contributed by atoms with Gasteiger partial charge in [-0.2, -0.15) is 0 Å². The summed E-state index contributed by atoms with van der Waals surface area (Å²) < 4.78 is 0. The number of carbonyl (C=O) groups excluding carboxylic acids is 1. The molecule has 1 heterocycles. The molecule has 0 bridgehead atoms. The Morgan fingerprint density at radius 1 is 1.39 bits per heavy atom. The summed E-state index contributed by atoms with van der Waals surface area (Å²) in [5, 5.41) is 3.58. The molecule has 1 aliphatic rings. The summed E-state index contributed by atoms with van der Waals surface area (Å²) in [5.74, 6) is 0.929. The molecule has 0 aromatic carbocycles. The zero-order valence-electron chi connectivity index (χ0n) is 13.1. The van der Waals surface area contributed by atoms with E-state index in [1.54, 1.807) is 0 Å². The van der Waals surface area contributed by atoms with Crippen LogP contribution in [0.4, 0.5) is 0 Å². The van der Waals surface area contributed by atoms with Gasteiger partial charge in [-0.05, 0) is 26.2 Å². The van der Waals surface area contributed by atoms with Gasteiger partial charge < -0.3 is 10.2 Å². The summed E-state index contributed by atoms with van der Waals surface area (Å²) in [6.07, 6.45) is 1.13. The SMILES string of the molecule is CC(C)CC1CN(C(=O)C(C)(C)C)C(C)(C)CN1. The molecule has 3 heteroatoms. The van der Waals surface area contributed by atoms with Crippen molar-refractivity contribution in [3.05, 3.63) is 0 Å². The molecule has 1 N–H and O–H groups in total. The highest BCUT2D eigenvalue weighted by atomic mass is 16.2. The van der Waals surface area contributed by atoms with Crippen LogP contribution in [0.15, 0.2) is 0 Å². The normalized spacial score (nSPS) is 24.4. The Labute approximate surface area is 112 Å². The van der Waals surface area contributed by atoms with E-state index < -0.39 is 0 Å². The van der Waals surface area contributed by atoms with Gasteiger partial charge in [-0.25, -0.2) is 0 Å². The van der Waals surface area contributed by atoms with E-state index in [0.29, 0.717) is 12.0 Å². The molecule has 0 aromatic heterocycles. The van der Waals surface area contributed by atoms with Crippen molar-refractivity contribution < 1.29 is 4.79 Å². The molecule has 1 saturated heterocycles. The average molecular weight is 254 g/mol. The minimum atomic E-state index is -0.295. The van der Waals surface area contributed by atoms with E-state index >= 15 is 0 Å². The van der Waals surface area contributed by atoms with Crippen molar-refractivity contribution in [2.75, 3.05) is 13.1 Å². The molecule has 3 nitrogen and oxygen atoms in total. The second kappa shape index (κ2) is 5.20. The van der Waals surface area contributed by atoms with Gasteiger partial charge in [0.2, 0.25) is 5.91 Å². The van der Waals surface area contributed by atoms with E-state index in [-0.39, 0.29) is 16.9 Å². The zero-order chi connectivity index (χ0) is 14.1. The molecule has 0 aromatic rings. The van der Waals surface area contributed by atoms with E-state index in [2.05, 4.69) is 37.9 Å². The Balaban J connectivity index is 2.81. The number of hydrogen-bond acceptors (Lipinski definition) is 2. The Morgan fingerprint density at radius 2 is 1.94 bits per heavy atom. The maximum absolute atomic E-state index is 12.6. The molecule has 106 valence electrons. The monoisotopic (exact) mass is 254 g/mol. The van der Waals surface area contributed by atoms with Crippen LogP contribution in [0.3, 0.4) is 0 Å². The highest BCUT2D eigenvalue weighted by Gasteiger charge is 2.40. The molecule has 0 aliphatic carbocycles. The van der Waals surface area contributed by atoms with Crippen molar-refractivity contribution in [1.82, 2.24) is 10.2 Å². The van der Waals surface area contributed by atoms with Gasteiger partial charge in [0.15, 0.2) is 0 Å². The first-order valence-corrected chi connectivity index (χ1v) is 7.09.